The van der Waals surface area contributed by atoms with Crippen molar-refractivity contribution in [3.8, 4) is 5.75 Å². The minimum atomic E-state index is -4.40. The normalized spacial score (nSPS) is 13.5. The second-order valence-electron chi connectivity index (χ2n) is 7.83. The molecule has 1 atom stereocenters. The molecule has 0 heterocycles. The Morgan fingerprint density at radius 3 is 1.80 bits per heavy atom. The van der Waals surface area contributed by atoms with E-state index in [9.17, 15) is 18.2 Å². The van der Waals surface area contributed by atoms with Crippen LogP contribution in [0.3, 0.4) is 0 Å². The first kappa shape index (κ1) is 27.1. The molecule has 7 heteroatoms. The van der Waals surface area contributed by atoms with Gasteiger partial charge in [-0.1, -0.05) is 103 Å². The third-order valence-corrected chi connectivity index (χ3v) is 6.06. The Kier molecular flexibility index (Phi) is 15.1. The molecular weight excluding hydrogens is 409 g/mol. The van der Waals surface area contributed by atoms with Gasteiger partial charge in [-0.15, -0.1) is 0 Å². The van der Waals surface area contributed by atoms with Gasteiger partial charge in [0.2, 0.25) is 0 Å². The van der Waals surface area contributed by atoms with Crippen LogP contribution in [-0.4, -0.2) is 11.5 Å². The third-order valence-electron chi connectivity index (χ3n) is 5.12. The van der Waals surface area contributed by atoms with Gasteiger partial charge in [-0.05, 0) is 18.6 Å². The van der Waals surface area contributed by atoms with Crippen molar-refractivity contribution in [1.82, 2.24) is 0 Å². The van der Waals surface area contributed by atoms with Gasteiger partial charge in [-0.25, -0.2) is 13.3 Å². The molecule has 0 fully saturated rings. The van der Waals surface area contributed by atoms with Gasteiger partial charge in [0, 0.05) is 0 Å². The summed E-state index contributed by atoms with van der Waals surface area (Å²) in [6, 6.07) is 5.29. The fraction of sp³-hybridized carbons (Fsp3) is 0.739. The average molecular weight is 449 g/mol. The van der Waals surface area contributed by atoms with Gasteiger partial charge < -0.3 is 4.52 Å². The number of benzene rings is 1. The first-order valence-electron chi connectivity index (χ1n) is 11.5. The molecule has 0 saturated heterocycles. The summed E-state index contributed by atoms with van der Waals surface area (Å²) < 4.78 is 47.5. The van der Waals surface area contributed by atoms with Crippen molar-refractivity contribution in [2.24, 2.45) is 0 Å². The molecule has 1 unspecified atom stereocenters. The lowest BCUT2D eigenvalue weighted by molar-refractivity contribution is 0.146. The number of alkyl halides is 2. The van der Waals surface area contributed by atoms with Gasteiger partial charge >= 0.3 is 7.82 Å². The number of para-hydroxylation sites is 1. The predicted octanol–water partition coefficient (Wildman–Crippen LogP) is 8.60. The number of rotatable bonds is 19. The molecule has 4 nitrogen and oxygen atoms in total. The van der Waals surface area contributed by atoms with Gasteiger partial charge in [0.05, 0.1) is 12.2 Å². The maximum Gasteiger partial charge on any atom is 0.527 e. The van der Waals surface area contributed by atoms with Crippen LogP contribution in [-0.2, 0) is 9.09 Å². The molecule has 0 amide bonds. The fourth-order valence-electron chi connectivity index (χ4n) is 3.37. The summed E-state index contributed by atoms with van der Waals surface area (Å²) in [5, 5.41) is 0. The molecular formula is C23H39F2O4P. The minimum absolute atomic E-state index is 0.0721. The minimum Gasteiger partial charge on any atom is -0.404 e. The summed E-state index contributed by atoms with van der Waals surface area (Å²) in [7, 11) is -4.40. The molecule has 30 heavy (non-hydrogen) atoms. The van der Waals surface area contributed by atoms with Crippen molar-refractivity contribution in [1.29, 1.82) is 0 Å². The summed E-state index contributed by atoms with van der Waals surface area (Å²) in [5.74, 6) is -0.320. The Morgan fingerprint density at radius 1 is 0.833 bits per heavy atom. The standard InChI is InChI=1S/C23H39F2O4P/c1-2-3-4-5-6-7-8-9-10-11-12-13-14-17-20-28-30(26,27)29-22-19-16-15-18-21(22)23(24)25/h15-16,18-19,23H,2-14,17,20H2,1H3,(H,26,27). The van der Waals surface area contributed by atoms with E-state index in [1.165, 1.54) is 82.4 Å². The van der Waals surface area contributed by atoms with Crippen LogP contribution in [0.2, 0.25) is 0 Å². The number of phosphoric ester groups is 1. The van der Waals surface area contributed by atoms with Crippen molar-refractivity contribution >= 4 is 7.82 Å². The fourth-order valence-corrected chi connectivity index (χ4v) is 4.20. The molecule has 0 aliphatic heterocycles. The van der Waals surface area contributed by atoms with Crippen molar-refractivity contribution in [2.45, 2.75) is 103 Å². The first-order chi connectivity index (χ1) is 14.5. The number of phosphoric acid groups is 1. The van der Waals surface area contributed by atoms with E-state index in [0.29, 0.717) is 6.42 Å². The molecule has 1 aromatic carbocycles. The maximum atomic E-state index is 12.9. The lowest BCUT2D eigenvalue weighted by atomic mass is 10.0. The van der Waals surface area contributed by atoms with Crippen molar-refractivity contribution in [3.63, 3.8) is 0 Å². The summed E-state index contributed by atoms with van der Waals surface area (Å²) in [5.41, 5.74) is -0.424. The van der Waals surface area contributed by atoms with Crippen LogP contribution in [0.15, 0.2) is 24.3 Å². The highest BCUT2D eigenvalue weighted by atomic mass is 31.2. The molecule has 1 N–H and O–H groups in total. The van der Waals surface area contributed by atoms with Crippen LogP contribution in [0.25, 0.3) is 0 Å². The van der Waals surface area contributed by atoms with E-state index >= 15 is 0 Å². The predicted molar refractivity (Wildman–Crippen MR) is 118 cm³/mol. The van der Waals surface area contributed by atoms with Gasteiger partial charge in [-0.2, -0.15) is 0 Å². The summed E-state index contributed by atoms with van der Waals surface area (Å²) in [6.07, 6.45) is 14.3. The molecule has 0 aromatic heterocycles. The highest BCUT2D eigenvalue weighted by Gasteiger charge is 2.25. The van der Waals surface area contributed by atoms with Gasteiger partial charge in [0.25, 0.3) is 6.43 Å². The highest BCUT2D eigenvalue weighted by molar-refractivity contribution is 7.47. The van der Waals surface area contributed by atoms with Crippen LogP contribution in [0.5, 0.6) is 5.75 Å². The number of hydrogen-bond donors (Lipinski definition) is 1. The average Bonchev–Trinajstić information content (AvgIpc) is 2.70. The summed E-state index contributed by atoms with van der Waals surface area (Å²) in [4.78, 5) is 9.74. The number of halogens is 2. The number of hydrogen-bond acceptors (Lipinski definition) is 3. The van der Waals surface area contributed by atoms with Crippen LogP contribution < -0.4 is 4.52 Å². The van der Waals surface area contributed by atoms with Crippen molar-refractivity contribution in [2.75, 3.05) is 6.61 Å². The lowest BCUT2D eigenvalue weighted by Crippen LogP contribution is -2.01. The van der Waals surface area contributed by atoms with E-state index in [2.05, 4.69) is 6.92 Å². The van der Waals surface area contributed by atoms with E-state index in [0.717, 1.165) is 25.3 Å². The third kappa shape index (κ3) is 13.4. The largest absolute Gasteiger partial charge is 0.527 e. The van der Waals surface area contributed by atoms with Crippen LogP contribution in [0.4, 0.5) is 8.78 Å². The van der Waals surface area contributed by atoms with Gasteiger partial charge in [-0.3, -0.25) is 9.42 Å². The summed E-state index contributed by atoms with van der Waals surface area (Å²) in [6.45, 7) is 2.31. The SMILES string of the molecule is CCCCCCCCCCCCCCCCOP(=O)(O)Oc1ccccc1C(F)F. The Balaban J connectivity index is 2.00. The zero-order chi connectivity index (χ0) is 22.1. The molecule has 0 bridgehead atoms. The Labute approximate surface area is 181 Å². The second kappa shape index (κ2) is 16.7. The summed E-state index contributed by atoms with van der Waals surface area (Å²) >= 11 is 0. The van der Waals surface area contributed by atoms with Gasteiger partial charge in [0.1, 0.15) is 5.75 Å². The lowest BCUT2D eigenvalue weighted by Gasteiger charge is -2.15. The highest BCUT2D eigenvalue weighted by Crippen LogP contribution is 2.46. The van der Waals surface area contributed by atoms with E-state index < -0.39 is 19.8 Å². The Hall–Kier alpha value is -0.970. The van der Waals surface area contributed by atoms with E-state index in [1.54, 1.807) is 0 Å². The zero-order valence-electron chi connectivity index (χ0n) is 18.4. The molecule has 0 aliphatic rings. The second-order valence-corrected chi connectivity index (χ2v) is 9.21. The topological polar surface area (TPSA) is 55.8 Å². The molecule has 0 spiro atoms. The van der Waals surface area contributed by atoms with Crippen LogP contribution in [0.1, 0.15) is 109 Å². The Bertz CT molecular complexity index is 598. The van der Waals surface area contributed by atoms with E-state index in [-0.39, 0.29) is 12.4 Å². The Morgan fingerprint density at radius 2 is 1.30 bits per heavy atom. The smallest absolute Gasteiger partial charge is 0.404 e. The zero-order valence-corrected chi connectivity index (χ0v) is 19.3. The van der Waals surface area contributed by atoms with Crippen LogP contribution >= 0.6 is 7.82 Å². The monoisotopic (exact) mass is 448 g/mol. The number of unbranched alkanes of at least 4 members (excludes halogenated alkanes) is 13. The molecule has 174 valence electrons. The molecule has 0 aliphatic carbocycles. The maximum absolute atomic E-state index is 12.9. The van der Waals surface area contributed by atoms with Crippen LogP contribution in [0, 0.1) is 0 Å². The quantitative estimate of drug-likeness (QED) is 0.170. The van der Waals surface area contributed by atoms with Crippen molar-refractivity contribution in [3.05, 3.63) is 29.8 Å². The molecule has 0 saturated carbocycles. The molecule has 0 radical (unpaired) electrons. The molecule has 1 aromatic rings. The van der Waals surface area contributed by atoms with Crippen molar-refractivity contribution < 1.29 is 27.3 Å². The van der Waals surface area contributed by atoms with Gasteiger partial charge in [0.15, 0.2) is 0 Å². The van der Waals surface area contributed by atoms with E-state index in [4.69, 9.17) is 9.05 Å². The molecule has 1 rings (SSSR count). The van der Waals surface area contributed by atoms with E-state index in [1.807, 2.05) is 0 Å². The first-order valence-corrected chi connectivity index (χ1v) is 13.0.